The fraction of sp³-hybridized carbons (Fsp3) is 1.00. The van der Waals surface area contributed by atoms with Gasteiger partial charge in [0.2, 0.25) is 0 Å². The number of hydrogen-bond donors (Lipinski definition) is 14. The monoisotopic (exact) mass is 666 g/mol. The minimum atomic E-state index is -1.96. The summed E-state index contributed by atoms with van der Waals surface area (Å²) in [4.78, 5) is 0. The molecule has 4 heterocycles. The van der Waals surface area contributed by atoms with Gasteiger partial charge in [-0.2, -0.15) is 0 Å². The van der Waals surface area contributed by atoms with Gasteiger partial charge in [-0.3, -0.25) is 0 Å². The SMILES string of the molecule is OC[C@H]1O[C@@H](OC[C@H]2O[C@@H](OC[C@H]3O[C@@H](O[C@@H]4[C@@H](O)[C@H](O)O[C@H](CO)[C@@H]4O)[C@H](O)[C@@H](O)[C@H]3O)[C@H](O)[C@@H](O)[C@H]2O)[C@H](O)[C@@H](O)[C@H]1O. The second kappa shape index (κ2) is 15.6. The average molecular weight is 667 g/mol. The van der Waals surface area contributed by atoms with Crippen molar-refractivity contribution in [2.24, 2.45) is 0 Å². The number of rotatable bonds is 10. The molecule has 0 radical (unpaired) electrons. The molecule has 4 rings (SSSR count). The van der Waals surface area contributed by atoms with Gasteiger partial charge in [-0.25, -0.2) is 0 Å². The molecule has 4 saturated heterocycles. The van der Waals surface area contributed by atoms with Gasteiger partial charge in [-0.15, -0.1) is 0 Å². The van der Waals surface area contributed by atoms with Gasteiger partial charge in [0.15, 0.2) is 25.2 Å². The van der Waals surface area contributed by atoms with E-state index < -0.39 is 149 Å². The van der Waals surface area contributed by atoms with E-state index in [2.05, 4.69) is 0 Å². The molecular weight excluding hydrogens is 624 g/mol. The number of hydrogen-bond acceptors (Lipinski definition) is 21. The van der Waals surface area contributed by atoms with Crippen molar-refractivity contribution in [3.63, 3.8) is 0 Å². The van der Waals surface area contributed by atoms with E-state index in [1.54, 1.807) is 0 Å². The Kier molecular flexibility index (Phi) is 12.8. The molecule has 0 aromatic rings. The predicted molar refractivity (Wildman–Crippen MR) is 134 cm³/mol. The topological polar surface area (TPSA) is 348 Å². The molecule has 21 heteroatoms. The Morgan fingerprint density at radius 1 is 0.378 bits per heavy atom. The second-order valence-corrected chi connectivity index (χ2v) is 11.2. The summed E-state index contributed by atoms with van der Waals surface area (Å²) >= 11 is 0. The van der Waals surface area contributed by atoms with E-state index in [-0.39, 0.29) is 0 Å². The summed E-state index contributed by atoms with van der Waals surface area (Å²) in [6.07, 6.45) is -34.7. The predicted octanol–water partition coefficient (Wildman–Crippen LogP) is -9.75. The molecule has 0 spiro atoms. The summed E-state index contributed by atoms with van der Waals surface area (Å²) in [5, 5.41) is 142. The number of aliphatic hydroxyl groups excluding tert-OH is 14. The van der Waals surface area contributed by atoms with Gasteiger partial charge in [-0.05, 0) is 0 Å². The standard InChI is InChI=1S/C24H42O21/c25-1-5-9(27)13(31)16(34)22(42-5)39-3-7-10(28)14(32)17(35)23(43-7)40-4-8-11(29)15(33)18(36)24(44-8)45-20-12(30)6(2-26)41-21(38)19(20)37/h5-38H,1-4H2/t5-,6-,7-,8-,9+,10+,11+,12+,13+,14+,15+,16-,17-,18-,19-,20+,21-,22-,23-,24+/m1/s1. The van der Waals surface area contributed by atoms with Crippen molar-refractivity contribution in [2.75, 3.05) is 26.4 Å². The Bertz CT molecular complexity index is 916. The van der Waals surface area contributed by atoms with Gasteiger partial charge < -0.3 is 105 Å². The first-order valence-corrected chi connectivity index (χ1v) is 14.1. The summed E-state index contributed by atoms with van der Waals surface area (Å²) in [5.41, 5.74) is 0. The fourth-order valence-corrected chi connectivity index (χ4v) is 5.33. The number of aliphatic hydroxyl groups is 14. The molecule has 0 aliphatic carbocycles. The largest absolute Gasteiger partial charge is 0.394 e. The minimum absolute atomic E-state index is 0.646. The van der Waals surface area contributed by atoms with E-state index in [9.17, 15) is 71.5 Å². The molecule has 0 saturated carbocycles. The summed E-state index contributed by atoms with van der Waals surface area (Å²) in [7, 11) is 0. The van der Waals surface area contributed by atoms with Crippen molar-refractivity contribution in [3.8, 4) is 0 Å². The lowest BCUT2D eigenvalue weighted by molar-refractivity contribution is -0.364. The molecule has 4 aliphatic rings. The maximum Gasteiger partial charge on any atom is 0.187 e. The maximum absolute atomic E-state index is 10.5. The Balaban J connectivity index is 1.37. The summed E-state index contributed by atoms with van der Waals surface area (Å²) in [6, 6.07) is 0. The second-order valence-electron chi connectivity index (χ2n) is 11.2. The lowest BCUT2D eigenvalue weighted by Crippen LogP contribution is -2.65. The molecule has 0 aromatic heterocycles. The van der Waals surface area contributed by atoms with E-state index in [4.69, 9.17) is 33.2 Å². The molecule has 264 valence electrons. The Morgan fingerprint density at radius 3 is 1.22 bits per heavy atom. The van der Waals surface area contributed by atoms with Gasteiger partial charge in [0, 0.05) is 0 Å². The highest BCUT2D eigenvalue weighted by Crippen LogP contribution is 2.30. The third kappa shape index (κ3) is 7.75. The Hall–Kier alpha value is -0.840. The Morgan fingerprint density at radius 2 is 0.756 bits per heavy atom. The zero-order valence-corrected chi connectivity index (χ0v) is 23.5. The van der Waals surface area contributed by atoms with Crippen molar-refractivity contribution in [1.29, 1.82) is 0 Å². The fourth-order valence-electron chi connectivity index (χ4n) is 5.33. The molecule has 0 bridgehead atoms. The van der Waals surface area contributed by atoms with Gasteiger partial charge in [-0.1, -0.05) is 0 Å². The maximum atomic E-state index is 10.5. The van der Waals surface area contributed by atoms with Crippen LogP contribution in [0, 0.1) is 0 Å². The smallest absolute Gasteiger partial charge is 0.187 e. The van der Waals surface area contributed by atoms with Crippen LogP contribution in [0.25, 0.3) is 0 Å². The van der Waals surface area contributed by atoms with Crippen molar-refractivity contribution < 1.29 is 105 Å². The van der Waals surface area contributed by atoms with Gasteiger partial charge in [0.05, 0.1) is 26.4 Å². The molecule has 20 atom stereocenters. The average Bonchev–Trinajstić information content (AvgIpc) is 3.02. The van der Waals surface area contributed by atoms with E-state index in [0.717, 1.165) is 0 Å². The third-order valence-electron chi connectivity index (χ3n) is 8.17. The summed E-state index contributed by atoms with van der Waals surface area (Å²) in [5.74, 6) is 0. The molecular formula is C24H42O21. The van der Waals surface area contributed by atoms with Gasteiger partial charge in [0.1, 0.15) is 97.7 Å². The highest BCUT2D eigenvalue weighted by Gasteiger charge is 2.52. The number of ether oxygens (including phenoxy) is 7. The highest BCUT2D eigenvalue weighted by atomic mass is 16.8. The molecule has 21 nitrogen and oxygen atoms in total. The van der Waals surface area contributed by atoms with Crippen molar-refractivity contribution in [2.45, 2.75) is 123 Å². The lowest BCUT2D eigenvalue weighted by Gasteiger charge is -2.46. The third-order valence-corrected chi connectivity index (χ3v) is 8.17. The van der Waals surface area contributed by atoms with E-state index in [1.807, 2.05) is 0 Å². The van der Waals surface area contributed by atoms with Crippen LogP contribution in [-0.4, -0.2) is 221 Å². The van der Waals surface area contributed by atoms with Gasteiger partial charge >= 0.3 is 0 Å². The van der Waals surface area contributed by atoms with Crippen LogP contribution >= 0.6 is 0 Å². The van der Waals surface area contributed by atoms with Crippen LogP contribution < -0.4 is 0 Å². The van der Waals surface area contributed by atoms with Crippen LogP contribution in [0.4, 0.5) is 0 Å². The Labute approximate surface area is 254 Å². The van der Waals surface area contributed by atoms with E-state index in [0.29, 0.717) is 0 Å². The molecule has 14 N–H and O–H groups in total. The van der Waals surface area contributed by atoms with E-state index in [1.165, 1.54) is 0 Å². The lowest BCUT2D eigenvalue weighted by atomic mass is 9.97. The van der Waals surface area contributed by atoms with Crippen LogP contribution in [0.3, 0.4) is 0 Å². The minimum Gasteiger partial charge on any atom is -0.394 e. The molecule has 0 unspecified atom stereocenters. The molecule has 0 aromatic carbocycles. The molecule has 45 heavy (non-hydrogen) atoms. The molecule has 4 fully saturated rings. The first kappa shape index (κ1) is 37.0. The van der Waals surface area contributed by atoms with Crippen LogP contribution in [0.15, 0.2) is 0 Å². The first-order chi connectivity index (χ1) is 21.2. The van der Waals surface area contributed by atoms with Crippen LogP contribution in [0.1, 0.15) is 0 Å². The molecule has 4 aliphatic heterocycles. The van der Waals surface area contributed by atoms with Gasteiger partial charge in [0.25, 0.3) is 0 Å². The molecule has 0 amide bonds. The zero-order valence-electron chi connectivity index (χ0n) is 23.5. The summed E-state index contributed by atoms with van der Waals surface area (Å²) in [6.45, 7) is -2.89. The van der Waals surface area contributed by atoms with Crippen LogP contribution in [0.5, 0.6) is 0 Å². The zero-order chi connectivity index (χ0) is 33.3. The highest BCUT2D eigenvalue weighted by molar-refractivity contribution is 4.95. The van der Waals surface area contributed by atoms with Crippen molar-refractivity contribution in [3.05, 3.63) is 0 Å². The van der Waals surface area contributed by atoms with Crippen molar-refractivity contribution >= 4 is 0 Å². The van der Waals surface area contributed by atoms with Crippen molar-refractivity contribution in [1.82, 2.24) is 0 Å². The van der Waals surface area contributed by atoms with E-state index >= 15 is 0 Å². The van der Waals surface area contributed by atoms with Crippen LogP contribution in [0.2, 0.25) is 0 Å². The first-order valence-electron chi connectivity index (χ1n) is 14.1. The summed E-state index contributed by atoms with van der Waals surface area (Å²) < 4.78 is 37.2. The van der Waals surface area contributed by atoms with Crippen LogP contribution in [-0.2, 0) is 33.2 Å². The quantitative estimate of drug-likeness (QED) is 0.103. The normalized spacial score (nSPS) is 52.9.